The number of halogens is 1. The van der Waals surface area contributed by atoms with Gasteiger partial charge in [-0.15, -0.1) is 0 Å². The zero-order chi connectivity index (χ0) is 18.8. The molecule has 1 aliphatic rings. The molecule has 0 saturated carbocycles. The molecule has 4 rings (SSSR count). The summed E-state index contributed by atoms with van der Waals surface area (Å²) in [5, 5.41) is 4.17. The van der Waals surface area contributed by atoms with Crippen molar-refractivity contribution < 1.29 is 9.18 Å². The zero-order valence-electron chi connectivity index (χ0n) is 15.0. The van der Waals surface area contributed by atoms with Crippen molar-refractivity contribution >= 4 is 11.7 Å². The minimum absolute atomic E-state index is 0.183. The average molecular weight is 365 g/mol. The minimum Gasteiger partial charge on any atom is -0.353 e. The third kappa shape index (κ3) is 3.53. The second-order valence-corrected chi connectivity index (χ2v) is 6.58. The highest BCUT2D eigenvalue weighted by Crippen LogP contribution is 2.20. The Bertz CT molecular complexity index is 949. The number of aromatic nitrogens is 3. The van der Waals surface area contributed by atoms with Crippen LogP contribution in [-0.4, -0.2) is 51.8 Å². The molecule has 1 amide bonds. The molecule has 0 bridgehead atoms. The predicted molar refractivity (Wildman–Crippen MR) is 101 cm³/mol. The molecule has 3 aromatic rings. The quantitative estimate of drug-likeness (QED) is 0.716. The fraction of sp³-hybridized carbons (Fsp3) is 0.250. The summed E-state index contributed by atoms with van der Waals surface area (Å²) < 4.78 is 15.4. The van der Waals surface area contributed by atoms with Crippen molar-refractivity contribution in [3.63, 3.8) is 0 Å². The Balaban J connectivity index is 1.53. The second-order valence-electron chi connectivity index (χ2n) is 6.58. The number of amides is 1. The Labute approximate surface area is 156 Å². The lowest BCUT2D eigenvalue weighted by Gasteiger charge is -2.35. The normalized spacial score (nSPS) is 14.4. The van der Waals surface area contributed by atoms with Crippen LogP contribution in [0.15, 0.2) is 55.0 Å². The van der Waals surface area contributed by atoms with Gasteiger partial charge in [0.1, 0.15) is 11.6 Å². The molecule has 0 spiro atoms. The second kappa shape index (κ2) is 7.19. The molecule has 1 fully saturated rings. The smallest absolute Gasteiger partial charge is 0.256 e. The molecule has 1 aromatic carbocycles. The van der Waals surface area contributed by atoms with Crippen molar-refractivity contribution in [1.82, 2.24) is 19.7 Å². The summed E-state index contributed by atoms with van der Waals surface area (Å²) in [5.41, 5.74) is 2.05. The topological polar surface area (TPSA) is 54.3 Å². The number of carbonyl (C=O) groups excluding carboxylic acids is 1. The average Bonchev–Trinajstić information content (AvgIpc) is 3.22. The molecule has 1 saturated heterocycles. The summed E-state index contributed by atoms with van der Waals surface area (Å²) in [5.74, 6) is 0.304. The maximum Gasteiger partial charge on any atom is 0.256 e. The van der Waals surface area contributed by atoms with Gasteiger partial charge >= 0.3 is 0 Å². The molecule has 0 N–H and O–H groups in total. The third-order valence-corrected chi connectivity index (χ3v) is 4.73. The number of benzene rings is 1. The summed E-state index contributed by atoms with van der Waals surface area (Å²) in [6, 6.07) is 9.99. The standard InChI is InChI=1S/C20H20FN5O/c1-15-5-7-22-19(13-15)24-9-11-25(12-10-24)20(27)17-14-16(21)3-4-18(17)26-8-2-6-23-26/h2-8,13-14H,9-12H2,1H3. The number of rotatable bonds is 3. The predicted octanol–water partition coefficient (Wildman–Crippen LogP) is 2.68. The van der Waals surface area contributed by atoms with Crippen LogP contribution in [-0.2, 0) is 0 Å². The Hall–Kier alpha value is -3.22. The van der Waals surface area contributed by atoms with Gasteiger partial charge in [-0.05, 0) is 48.9 Å². The van der Waals surface area contributed by atoms with Crippen molar-refractivity contribution in [1.29, 1.82) is 0 Å². The van der Waals surface area contributed by atoms with E-state index in [9.17, 15) is 9.18 Å². The Morgan fingerprint density at radius 2 is 1.89 bits per heavy atom. The Kier molecular flexibility index (Phi) is 4.58. The van der Waals surface area contributed by atoms with E-state index in [0.29, 0.717) is 37.4 Å². The van der Waals surface area contributed by atoms with Gasteiger partial charge in [0, 0.05) is 44.8 Å². The van der Waals surface area contributed by atoms with E-state index in [1.54, 1.807) is 40.3 Å². The van der Waals surface area contributed by atoms with Crippen LogP contribution >= 0.6 is 0 Å². The molecule has 0 aliphatic carbocycles. The fourth-order valence-corrected chi connectivity index (χ4v) is 3.29. The van der Waals surface area contributed by atoms with E-state index in [1.165, 1.54) is 12.1 Å². The minimum atomic E-state index is -0.433. The van der Waals surface area contributed by atoms with E-state index >= 15 is 0 Å². The molecule has 6 nitrogen and oxygen atoms in total. The van der Waals surface area contributed by atoms with Crippen LogP contribution in [0, 0.1) is 12.7 Å². The van der Waals surface area contributed by atoms with Crippen LogP contribution < -0.4 is 4.90 Å². The number of hydrogen-bond donors (Lipinski definition) is 0. The van der Waals surface area contributed by atoms with Crippen molar-refractivity contribution in [3.8, 4) is 5.69 Å². The maximum absolute atomic E-state index is 13.8. The number of piperazine rings is 1. The van der Waals surface area contributed by atoms with Gasteiger partial charge < -0.3 is 9.80 Å². The van der Waals surface area contributed by atoms with Crippen molar-refractivity contribution in [2.24, 2.45) is 0 Å². The molecule has 1 aliphatic heterocycles. The largest absolute Gasteiger partial charge is 0.353 e. The molecular weight excluding hydrogens is 345 g/mol. The van der Waals surface area contributed by atoms with Gasteiger partial charge in [0.25, 0.3) is 5.91 Å². The molecule has 0 unspecified atom stereocenters. The van der Waals surface area contributed by atoms with E-state index in [-0.39, 0.29) is 5.91 Å². The van der Waals surface area contributed by atoms with E-state index < -0.39 is 5.82 Å². The molecular formula is C20H20FN5O. The monoisotopic (exact) mass is 365 g/mol. The van der Waals surface area contributed by atoms with Gasteiger partial charge in [-0.25, -0.2) is 14.1 Å². The molecule has 2 aromatic heterocycles. The summed E-state index contributed by atoms with van der Waals surface area (Å²) in [7, 11) is 0. The summed E-state index contributed by atoms with van der Waals surface area (Å²) in [4.78, 5) is 21.4. The SMILES string of the molecule is Cc1ccnc(N2CCN(C(=O)c3cc(F)ccc3-n3cccn3)CC2)c1. The number of aryl methyl sites for hydroxylation is 1. The van der Waals surface area contributed by atoms with Crippen molar-refractivity contribution in [2.75, 3.05) is 31.1 Å². The van der Waals surface area contributed by atoms with Gasteiger partial charge in [0.2, 0.25) is 0 Å². The highest BCUT2D eigenvalue weighted by Gasteiger charge is 2.25. The van der Waals surface area contributed by atoms with E-state index in [4.69, 9.17) is 0 Å². The van der Waals surface area contributed by atoms with E-state index in [0.717, 1.165) is 11.4 Å². The molecule has 3 heterocycles. The third-order valence-electron chi connectivity index (χ3n) is 4.73. The van der Waals surface area contributed by atoms with Gasteiger partial charge in [-0.2, -0.15) is 5.10 Å². The first kappa shape index (κ1) is 17.2. The molecule has 138 valence electrons. The lowest BCUT2D eigenvalue weighted by Crippen LogP contribution is -2.49. The van der Waals surface area contributed by atoms with Gasteiger partial charge in [0.05, 0.1) is 11.3 Å². The van der Waals surface area contributed by atoms with Crippen LogP contribution in [0.25, 0.3) is 5.69 Å². The highest BCUT2D eigenvalue weighted by molar-refractivity contribution is 5.98. The molecule has 7 heteroatoms. The van der Waals surface area contributed by atoms with Crippen LogP contribution in [0.3, 0.4) is 0 Å². The van der Waals surface area contributed by atoms with Crippen LogP contribution in [0.2, 0.25) is 0 Å². The van der Waals surface area contributed by atoms with Gasteiger partial charge in [-0.3, -0.25) is 4.79 Å². The van der Waals surface area contributed by atoms with Crippen molar-refractivity contribution in [2.45, 2.75) is 6.92 Å². The maximum atomic E-state index is 13.8. The molecule has 27 heavy (non-hydrogen) atoms. The first-order valence-electron chi connectivity index (χ1n) is 8.88. The Morgan fingerprint density at radius 3 is 2.59 bits per heavy atom. The lowest BCUT2D eigenvalue weighted by molar-refractivity contribution is 0.0746. The zero-order valence-corrected chi connectivity index (χ0v) is 15.0. The van der Waals surface area contributed by atoms with Crippen LogP contribution in [0.4, 0.5) is 10.2 Å². The number of carbonyl (C=O) groups is 1. The van der Waals surface area contributed by atoms with Crippen LogP contribution in [0.5, 0.6) is 0 Å². The van der Waals surface area contributed by atoms with Crippen molar-refractivity contribution in [3.05, 3.63) is 71.9 Å². The molecule has 0 atom stereocenters. The first-order chi connectivity index (χ1) is 13.1. The summed E-state index contributed by atoms with van der Waals surface area (Å²) in [6.07, 6.45) is 5.17. The molecule has 0 radical (unpaired) electrons. The summed E-state index contributed by atoms with van der Waals surface area (Å²) in [6.45, 7) is 4.53. The van der Waals surface area contributed by atoms with Crippen LogP contribution in [0.1, 0.15) is 15.9 Å². The number of hydrogen-bond acceptors (Lipinski definition) is 4. The number of pyridine rings is 1. The fourth-order valence-electron chi connectivity index (χ4n) is 3.29. The van der Waals surface area contributed by atoms with Gasteiger partial charge in [0.15, 0.2) is 0 Å². The first-order valence-corrected chi connectivity index (χ1v) is 8.88. The van der Waals surface area contributed by atoms with Gasteiger partial charge in [-0.1, -0.05) is 0 Å². The number of anilines is 1. The number of nitrogens with zero attached hydrogens (tertiary/aromatic N) is 5. The lowest BCUT2D eigenvalue weighted by atomic mass is 10.1. The Morgan fingerprint density at radius 1 is 1.07 bits per heavy atom. The van der Waals surface area contributed by atoms with E-state index in [2.05, 4.69) is 15.0 Å². The highest BCUT2D eigenvalue weighted by atomic mass is 19.1. The van der Waals surface area contributed by atoms with E-state index in [1.807, 2.05) is 19.1 Å². The summed E-state index contributed by atoms with van der Waals surface area (Å²) >= 11 is 0.